The van der Waals surface area contributed by atoms with E-state index in [0.717, 1.165) is 17.0 Å². The van der Waals surface area contributed by atoms with E-state index in [1.807, 2.05) is 55.5 Å². The maximum atomic E-state index is 12.3. The van der Waals surface area contributed by atoms with Crippen LogP contribution < -0.4 is 5.32 Å². The summed E-state index contributed by atoms with van der Waals surface area (Å²) in [6, 6.07) is 15.7. The van der Waals surface area contributed by atoms with E-state index >= 15 is 0 Å². The lowest BCUT2D eigenvalue weighted by molar-refractivity contribution is -0.129. The van der Waals surface area contributed by atoms with E-state index in [0.29, 0.717) is 32.5 Å². The quantitative estimate of drug-likeness (QED) is 0.878. The standard InChI is InChI=1S/C20H23N3O2/c1-15-6-5-9-18(22-15)10-11-21-20(25)17-12-19(24)23(14-17)13-16-7-3-2-4-8-16/h2-9,17H,10-14H2,1H3,(H,21,25)/t17-/m0/s1. The number of benzene rings is 1. The number of aryl methyl sites for hydroxylation is 1. The number of carbonyl (C=O) groups excluding carboxylic acids is 2. The largest absolute Gasteiger partial charge is 0.355 e. The Morgan fingerprint density at radius 3 is 2.76 bits per heavy atom. The van der Waals surface area contributed by atoms with Crippen LogP contribution in [-0.4, -0.2) is 34.8 Å². The lowest BCUT2D eigenvalue weighted by Crippen LogP contribution is -2.34. The van der Waals surface area contributed by atoms with E-state index < -0.39 is 0 Å². The van der Waals surface area contributed by atoms with Crippen molar-refractivity contribution in [2.24, 2.45) is 5.92 Å². The Bertz CT molecular complexity index is 746. The number of nitrogens with zero attached hydrogens (tertiary/aromatic N) is 2. The first kappa shape index (κ1) is 17.1. The molecule has 2 aromatic rings. The Hall–Kier alpha value is -2.69. The van der Waals surface area contributed by atoms with Crippen LogP contribution in [0.1, 0.15) is 23.4 Å². The highest BCUT2D eigenvalue weighted by Crippen LogP contribution is 2.20. The van der Waals surface area contributed by atoms with Gasteiger partial charge in [-0.15, -0.1) is 0 Å². The van der Waals surface area contributed by atoms with Gasteiger partial charge in [-0.3, -0.25) is 14.6 Å². The van der Waals surface area contributed by atoms with E-state index in [2.05, 4.69) is 10.3 Å². The Morgan fingerprint density at radius 1 is 1.20 bits per heavy atom. The van der Waals surface area contributed by atoms with Crippen LogP contribution in [0.3, 0.4) is 0 Å². The van der Waals surface area contributed by atoms with Crippen LogP contribution in [0.5, 0.6) is 0 Å². The molecule has 5 heteroatoms. The zero-order chi connectivity index (χ0) is 17.6. The molecule has 0 saturated carbocycles. The van der Waals surface area contributed by atoms with Crippen molar-refractivity contribution in [3.05, 3.63) is 65.5 Å². The minimum absolute atomic E-state index is 0.0448. The van der Waals surface area contributed by atoms with Gasteiger partial charge in [0.2, 0.25) is 11.8 Å². The maximum absolute atomic E-state index is 12.3. The first-order valence-electron chi connectivity index (χ1n) is 8.64. The first-order chi connectivity index (χ1) is 12.1. The summed E-state index contributed by atoms with van der Waals surface area (Å²) in [5.74, 6) is -0.261. The predicted octanol–water partition coefficient (Wildman–Crippen LogP) is 2.10. The summed E-state index contributed by atoms with van der Waals surface area (Å²) >= 11 is 0. The van der Waals surface area contributed by atoms with E-state index in [9.17, 15) is 9.59 Å². The van der Waals surface area contributed by atoms with E-state index in [1.165, 1.54) is 0 Å². The van der Waals surface area contributed by atoms with Crippen molar-refractivity contribution in [2.45, 2.75) is 26.3 Å². The molecule has 2 amide bonds. The molecule has 25 heavy (non-hydrogen) atoms. The van der Waals surface area contributed by atoms with Crippen molar-refractivity contribution < 1.29 is 9.59 Å². The van der Waals surface area contributed by atoms with Gasteiger partial charge >= 0.3 is 0 Å². The normalized spacial score (nSPS) is 16.9. The number of pyridine rings is 1. The Labute approximate surface area is 148 Å². The van der Waals surface area contributed by atoms with Gasteiger partial charge in [0.05, 0.1) is 5.92 Å². The number of amides is 2. The fourth-order valence-corrected chi connectivity index (χ4v) is 3.10. The summed E-state index contributed by atoms with van der Waals surface area (Å²) < 4.78 is 0. The Morgan fingerprint density at radius 2 is 2.00 bits per heavy atom. The third kappa shape index (κ3) is 4.66. The van der Waals surface area contributed by atoms with Crippen molar-refractivity contribution >= 4 is 11.8 Å². The summed E-state index contributed by atoms with van der Waals surface area (Å²) in [5, 5.41) is 2.94. The summed E-state index contributed by atoms with van der Waals surface area (Å²) in [7, 11) is 0. The highest BCUT2D eigenvalue weighted by atomic mass is 16.2. The molecule has 0 spiro atoms. The second kappa shape index (κ2) is 7.92. The third-order valence-corrected chi connectivity index (χ3v) is 4.43. The molecule has 1 aromatic carbocycles. The summed E-state index contributed by atoms with van der Waals surface area (Å²) in [6.45, 7) is 3.55. The number of hydrogen-bond acceptors (Lipinski definition) is 3. The predicted molar refractivity (Wildman–Crippen MR) is 95.7 cm³/mol. The van der Waals surface area contributed by atoms with Crippen molar-refractivity contribution in [3.63, 3.8) is 0 Å². The first-order valence-corrected chi connectivity index (χ1v) is 8.64. The second-order valence-electron chi connectivity index (χ2n) is 6.47. The van der Waals surface area contributed by atoms with Crippen LogP contribution in [0.25, 0.3) is 0 Å². The van der Waals surface area contributed by atoms with Crippen LogP contribution in [0.15, 0.2) is 48.5 Å². The molecule has 1 N–H and O–H groups in total. The smallest absolute Gasteiger partial charge is 0.225 e. The van der Waals surface area contributed by atoms with Gasteiger partial charge in [-0.25, -0.2) is 0 Å². The molecular formula is C20H23N3O2. The van der Waals surface area contributed by atoms with Gasteiger partial charge in [0.1, 0.15) is 0 Å². The number of rotatable bonds is 6. The van der Waals surface area contributed by atoms with Gasteiger partial charge < -0.3 is 10.2 Å². The van der Waals surface area contributed by atoms with E-state index in [-0.39, 0.29) is 17.7 Å². The fraction of sp³-hybridized carbons (Fsp3) is 0.350. The maximum Gasteiger partial charge on any atom is 0.225 e. The summed E-state index contributed by atoms with van der Waals surface area (Å²) in [6.07, 6.45) is 0.989. The van der Waals surface area contributed by atoms with Gasteiger partial charge in [-0.2, -0.15) is 0 Å². The summed E-state index contributed by atoms with van der Waals surface area (Å²) in [4.78, 5) is 30.7. The average Bonchev–Trinajstić information content (AvgIpc) is 2.97. The van der Waals surface area contributed by atoms with Gasteiger partial charge in [-0.1, -0.05) is 36.4 Å². The molecule has 130 valence electrons. The Kier molecular flexibility index (Phi) is 5.43. The van der Waals surface area contributed by atoms with Gasteiger partial charge in [-0.05, 0) is 24.6 Å². The average molecular weight is 337 g/mol. The molecule has 1 aromatic heterocycles. The van der Waals surface area contributed by atoms with Crippen molar-refractivity contribution in [2.75, 3.05) is 13.1 Å². The molecule has 0 unspecified atom stereocenters. The van der Waals surface area contributed by atoms with Gasteiger partial charge in [0, 0.05) is 43.9 Å². The van der Waals surface area contributed by atoms with Gasteiger partial charge in [0.15, 0.2) is 0 Å². The Balaban J connectivity index is 1.47. The van der Waals surface area contributed by atoms with Crippen LogP contribution in [0.4, 0.5) is 0 Å². The zero-order valence-corrected chi connectivity index (χ0v) is 14.4. The highest BCUT2D eigenvalue weighted by Gasteiger charge is 2.33. The molecule has 1 saturated heterocycles. The zero-order valence-electron chi connectivity index (χ0n) is 14.4. The lowest BCUT2D eigenvalue weighted by Gasteiger charge is -2.16. The fourth-order valence-electron chi connectivity index (χ4n) is 3.10. The molecule has 1 aliphatic heterocycles. The van der Waals surface area contributed by atoms with Crippen molar-refractivity contribution in [1.29, 1.82) is 0 Å². The second-order valence-corrected chi connectivity index (χ2v) is 6.47. The van der Waals surface area contributed by atoms with Crippen LogP contribution >= 0.6 is 0 Å². The molecule has 0 aliphatic carbocycles. The number of nitrogens with one attached hydrogen (secondary N) is 1. The van der Waals surface area contributed by atoms with Crippen molar-refractivity contribution in [1.82, 2.24) is 15.2 Å². The highest BCUT2D eigenvalue weighted by molar-refractivity contribution is 5.89. The molecular weight excluding hydrogens is 314 g/mol. The molecule has 0 bridgehead atoms. The number of carbonyl (C=O) groups is 2. The lowest BCUT2D eigenvalue weighted by atomic mass is 10.1. The van der Waals surface area contributed by atoms with Crippen LogP contribution in [0.2, 0.25) is 0 Å². The van der Waals surface area contributed by atoms with Crippen LogP contribution in [0, 0.1) is 12.8 Å². The number of hydrogen-bond donors (Lipinski definition) is 1. The topological polar surface area (TPSA) is 62.3 Å². The minimum atomic E-state index is -0.262. The molecule has 5 nitrogen and oxygen atoms in total. The SMILES string of the molecule is Cc1cccc(CCNC(=O)[C@H]2CC(=O)N(Cc3ccccc3)C2)n1. The molecule has 1 fully saturated rings. The molecule has 1 aliphatic rings. The number of aromatic nitrogens is 1. The molecule has 2 heterocycles. The van der Waals surface area contributed by atoms with Gasteiger partial charge in [0.25, 0.3) is 0 Å². The van der Waals surface area contributed by atoms with Crippen LogP contribution in [-0.2, 0) is 22.6 Å². The van der Waals surface area contributed by atoms with Crippen molar-refractivity contribution in [3.8, 4) is 0 Å². The minimum Gasteiger partial charge on any atom is -0.355 e. The molecule has 3 rings (SSSR count). The van der Waals surface area contributed by atoms with E-state index in [4.69, 9.17) is 0 Å². The molecule has 0 radical (unpaired) electrons. The third-order valence-electron chi connectivity index (χ3n) is 4.43. The monoisotopic (exact) mass is 337 g/mol. The summed E-state index contributed by atoms with van der Waals surface area (Å²) in [5.41, 5.74) is 3.03. The van der Waals surface area contributed by atoms with E-state index in [1.54, 1.807) is 4.90 Å². The number of likely N-dealkylation sites (tertiary alicyclic amines) is 1. The molecule has 1 atom stereocenters.